The summed E-state index contributed by atoms with van der Waals surface area (Å²) < 4.78 is 0. The highest BCUT2D eigenvalue weighted by Crippen LogP contribution is 2.29. The van der Waals surface area contributed by atoms with Gasteiger partial charge in [-0.05, 0) is 32.6 Å². The summed E-state index contributed by atoms with van der Waals surface area (Å²) in [6.07, 6.45) is 8.73. The predicted molar refractivity (Wildman–Crippen MR) is 81.7 cm³/mol. The Balaban J connectivity index is 0.00000180. The van der Waals surface area contributed by atoms with E-state index in [1.807, 2.05) is 0 Å². The van der Waals surface area contributed by atoms with Crippen molar-refractivity contribution in [2.75, 3.05) is 13.1 Å². The summed E-state index contributed by atoms with van der Waals surface area (Å²) in [6, 6.07) is 0.773. The first-order valence-corrected chi connectivity index (χ1v) is 7.71. The van der Waals surface area contributed by atoms with E-state index in [2.05, 4.69) is 24.1 Å². The summed E-state index contributed by atoms with van der Waals surface area (Å²) in [5, 5.41) is 3.42. The van der Waals surface area contributed by atoms with Crippen molar-refractivity contribution >= 4 is 18.3 Å². The fraction of sp³-hybridized carbons (Fsp3) is 0.933. The molecule has 2 rings (SSSR count). The van der Waals surface area contributed by atoms with E-state index in [1.165, 1.54) is 32.1 Å². The Labute approximate surface area is 123 Å². The molecule has 0 aromatic heterocycles. The number of hydrogen-bond donors (Lipinski definition) is 1. The molecule has 0 spiro atoms. The lowest BCUT2D eigenvalue weighted by Gasteiger charge is -2.38. The van der Waals surface area contributed by atoms with Crippen LogP contribution in [0.2, 0.25) is 0 Å². The Morgan fingerprint density at radius 3 is 2.63 bits per heavy atom. The van der Waals surface area contributed by atoms with E-state index in [4.69, 9.17) is 0 Å². The molecule has 1 saturated heterocycles. The highest BCUT2D eigenvalue weighted by molar-refractivity contribution is 5.85. The van der Waals surface area contributed by atoms with Gasteiger partial charge in [-0.1, -0.05) is 25.7 Å². The quantitative estimate of drug-likeness (QED) is 0.862. The number of piperazine rings is 1. The van der Waals surface area contributed by atoms with Gasteiger partial charge in [0.15, 0.2) is 0 Å². The van der Waals surface area contributed by atoms with E-state index >= 15 is 0 Å². The maximum Gasteiger partial charge on any atom is 0.222 e. The van der Waals surface area contributed by atoms with E-state index in [0.29, 0.717) is 18.0 Å². The van der Waals surface area contributed by atoms with E-state index in [0.717, 1.165) is 31.8 Å². The smallest absolute Gasteiger partial charge is 0.222 e. The van der Waals surface area contributed by atoms with Crippen molar-refractivity contribution in [3.05, 3.63) is 0 Å². The van der Waals surface area contributed by atoms with Crippen molar-refractivity contribution in [3.63, 3.8) is 0 Å². The maximum atomic E-state index is 12.2. The Kier molecular flexibility index (Phi) is 7.16. The predicted octanol–water partition coefficient (Wildman–Crippen LogP) is 2.98. The van der Waals surface area contributed by atoms with Crippen LogP contribution in [0.15, 0.2) is 0 Å². The van der Waals surface area contributed by atoms with Gasteiger partial charge in [-0.2, -0.15) is 0 Å². The first-order valence-electron chi connectivity index (χ1n) is 7.71. The average Bonchev–Trinajstić information content (AvgIpc) is 2.85. The third-order valence-electron chi connectivity index (χ3n) is 4.83. The molecule has 2 fully saturated rings. The van der Waals surface area contributed by atoms with Crippen molar-refractivity contribution in [2.45, 2.75) is 70.9 Å². The van der Waals surface area contributed by atoms with Crippen LogP contribution >= 0.6 is 12.4 Å². The first-order chi connectivity index (χ1) is 8.68. The van der Waals surface area contributed by atoms with Crippen LogP contribution in [0.3, 0.4) is 0 Å². The summed E-state index contributed by atoms with van der Waals surface area (Å²) in [6.45, 7) is 6.15. The van der Waals surface area contributed by atoms with Gasteiger partial charge in [0.25, 0.3) is 0 Å². The second-order valence-corrected chi connectivity index (χ2v) is 6.11. The molecular weight excluding hydrogens is 260 g/mol. The zero-order valence-electron chi connectivity index (χ0n) is 12.4. The summed E-state index contributed by atoms with van der Waals surface area (Å²) in [7, 11) is 0. The van der Waals surface area contributed by atoms with Crippen LogP contribution in [0, 0.1) is 5.92 Å². The minimum atomic E-state index is 0. The summed E-state index contributed by atoms with van der Waals surface area (Å²) in [5.74, 6) is 1.28. The molecule has 4 heteroatoms. The van der Waals surface area contributed by atoms with Crippen LogP contribution in [0.4, 0.5) is 0 Å². The molecule has 1 aliphatic carbocycles. The molecule has 19 heavy (non-hydrogen) atoms. The summed E-state index contributed by atoms with van der Waals surface area (Å²) >= 11 is 0. The van der Waals surface area contributed by atoms with E-state index in [9.17, 15) is 4.79 Å². The van der Waals surface area contributed by atoms with Crippen molar-refractivity contribution in [2.24, 2.45) is 5.92 Å². The van der Waals surface area contributed by atoms with Gasteiger partial charge >= 0.3 is 0 Å². The average molecular weight is 289 g/mol. The molecule has 0 aromatic carbocycles. The first kappa shape index (κ1) is 16.8. The van der Waals surface area contributed by atoms with Crippen LogP contribution in [0.5, 0.6) is 0 Å². The third-order valence-corrected chi connectivity index (χ3v) is 4.83. The minimum absolute atomic E-state index is 0. The Morgan fingerprint density at radius 2 is 1.95 bits per heavy atom. The molecule has 0 radical (unpaired) electrons. The zero-order chi connectivity index (χ0) is 13.0. The normalized spacial score (nSPS) is 28.2. The maximum absolute atomic E-state index is 12.2. The molecule has 0 aromatic rings. The second-order valence-electron chi connectivity index (χ2n) is 6.11. The van der Waals surface area contributed by atoms with Crippen LogP contribution < -0.4 is 5.32 Å². The van der Waals surface area contributed by atoms with Crippen molar-refractivity contribution in [3.8, 4) is 0 Å². The lowest BCUT2D eigenvalue weighted by molar-refractivity contribution is -0.135. The molecule has 2 aliphatic rings. The Hall–Kier alpha value is -0.280. The SMILES string of the molecule is CC1NCCN(C(=O)CCCC2CCCC2)C1C.Cl. The number of amides is 1. The van der Waals surface area contributed by atoms with Gasteiger partial charge in [-0.3, -0.25) is 4.79 Å². The van der Waals surface area contributed by atoms with E-state index in [-0.39, 0.29) is 12.4 Å². The number of carbonyl (C=O) groups excluding carboxylic acids is 1. The van der Waals surface area contributed by atoms with E-state index in [1.54, 1.807) is 0 Å². The van der Waals surface area contributed by atoms with Gasteiger partial charge in [0, 0.05) is 31.6 Å². The molecule has 112 valence electrons. The molecule has 1 amide bonds. The summed E-state index contributed by atoms with van der Waals surface area (Å²) in [4.78, 5) is 14.3. The van der Waals surface area contributed by atoms with Gasteiger partial charge in [0.05, 0.1) is 0 Å². The monoisotopic (exact) mass is 288 g/mol. The molecule has 2 unspecified atom stereocenters. The Bertz CT molecular complexity index is 279. The molecule has 1 heterocycles. The van der Waals surface area contributed by atoms with Crippen LogP contribution in [-0.2, 0) is 4.79 Å². The third kappa shape index (κ3) is 4.64. The molecule has 1 N–H and O–H groups in total. The van der Waals surface area contributed by atoms with Crippen LogP contribution in [0.25, 0.3) is 0 Å². The zero-order valence-corrected chi connectivity index (χ0v) is 13.2. The van der Waals surface area contributed by atoms with Gasteiger partial charge < -0.3 is 10.2 Å². The second kappa shape index (κ2) is 8.11. The minimum Gasteiger partial charge on any atom is -0.337 e. The van der Waals surface area contributed by atoms with E-state index < -0.39 is 0 Å². The van der Waals surface area contributed by atoms with Gasteiger partial charge in [0.1, 0.15) is 0 Å². The van der Waals surface area contributed by atoms with Gasteiger partial charge in [0.2, 0.25) is 5.91 Å². The van der Waals surface area contributed by atoms with Crippen LogP contribution in [-0.4, -0.2) is 36.0 Å². The highest BCUT2D eigenvalue weighted by atomic mass is 35.5. The standard InChI is InChI=1S/C15H28N2O.ClH/c1-12-13(2)17(11-10-16-12)15(18)9-5-8-14-6-3-4-7-14;/h12-14,16H,3-11H2,1-2H3;1H. The number of rotatable bonds is 4. The fourth-order valence-corrected chi connectivity index (χ4v) is 3.39. The number of hydrogen-bond acceptors (Lipinski definition) is 2. The molecule has 2 atom stereocenters. The lowest BCUT2D eigenvalue weighted by atomic mass is 9.99. The molecule has 0 bridgehead atoms. The molecule has 3 nitrogen and oxygen atoms in total. The van der Waals surface area contributed by atoms with Crippen molar-refractivity contribution < 1.29 is 4.79 Å². The molecule has 1 saturated carbocycles. The van der Waals surface area contributed by atoms with Gasteiger partial charge in [-0.15, -0.1) is 12.4 Å². The lowest BCUT2D eigenvalue weighted by Crippen LogP contribution is -2.57. The summed E-state index contributed by atoms with van der Waals surface area (Å²) in [5.41, 5.74) is 0. The Morgan fingerprint density at radius 1 is 1.26 bits per heavy atom. The highest BCUT2D eigenvalue weighted by Gasteiger charge is 2.27. The van der Waals surface area contributed by atoms with Crippen molar-refractivity contribution in [1.82, 2.24) is 10.2 Å². The van der Waals surface area contributed by atoms with Crippen LogP contribution in [0.1, 0.15) is 58.8 Å². The fourth-order valence-electron chi connectivity index (χ4n) is 3.39. The number of halogens is 1. The topological polar surface area (TPSA) is 32.3 Å². The molecular formula is C15H29ClN2O. The van der Waals surface area contributed by atoms with Gasteiger partial charge in [-0.25, -0.2) is 0 Å². The molecule has 1 aliphatic heterocycles. The number of carbonyl (C=O) groups is 1. The number of nitrogens with one attached hydrogen (secondary N) is 1. The van der Waals surface area contributed by atoms with Crippen molar-refractivity contribution in [1.29, 1.82) is 0 Å². The largest absolute Gasteiger partial charge is 0.337 e. The number of nitrogens with zero attached hydrogens (tertiary/aromatic N) is 1.